The van der Waals surface area contributed by atoms with Crippen LogP contribution in [0.1, 0.15) is 142 Å². The van der Waals surface area contributed by atoms with Gasteiger partial charge >= 0.3 is 0 Å². The van der Waals surface area contributed by atoms with Crippen molar-refractivity contribution in [3.05, 3.63) is 446 Å². The van der Waals surface area contributed by atoms with E-state index in [1.165, 1.54) is 153 Å². The average molecular weight is 1870 g/mol. The van der Waals surface area contributed by atoms with Gasteiger partial charge in [0.1, 0.15) is 61.8 Å². The number of benzene rings is 15. The van der Waals surface area contributed by atoms with Crippen LogP contribution in [-0.4, -0.2) is 35.2 Å². The highest BCUT2D eigenvalue weighted by molar-refractivity contribution is 7.57. The minimum atomic E-state index is 0.0156. The third kappa shape index (κ3) is 32.8. The summed E-state index contributed by atoms with van der Waals surface area (Å²) in [5.41, 5.74) is 22.9. The smallest absolute Gasteiger partial charge is 0.131 e. The van der Waals surface area contributed by atoms with Gasteiger partial charge in [-0.1, -0.05) is 405 Å². The zero-order valence-electron chi connectivity index (χ0n) is 81.5. The number of aryl methyl sites for hydroxylation is 6. The van der Waals surface area contributed by atoms with Crippen LogP contribution in [-0.2, 0) is 76.6 Å². The van der Waals surface area contributed by atoms with Crippen molar-refractivity contribution >= 4 is 95.9 Å². The Morgan fingerprint density at radius 2 is 0.493 bits per heavy atom. The Labute approximate surface area is 810 Å². The van der Waals surface area contributed by atoms with Crippen molar-refractivity contribution in [3.8, 4) is 28.7 Å². The molecule has 5 atom stereocenters. The van der Waals surface area contributed by atoms with Crippen molar-refractivity contribution in [2.45, 2.75) is 160 Å². The Morgan fingerprint density at radius 1 is 0.216 bits per heavy atom. The first-order valence-corrected chi connectivity index (χ1v) is 51.4. The summed E-state index contributed by atoms with van der Waals surface area (Å²) in [5.74, 6) is 5.09. The molecule has 0 spiro atoms. The molecule has 0 saturated heterocycles. The van der Waals surface area contributed by atoms with Crippen LogP contribution in [0.15, 0.2) is 346 Å². The summed E-state index contributed by atoms with van der Waals surface area (Å²) in [6.07, 6.45) is 0. The molecule has 10 nitrogen and oxygen atoms in total. The maximum Gasteiger partial charge on any atom is 0.131 e. The fraction of sp³-hybridized carbons (Fsp3) is 0.244. The number of rotatable bonds is 35. The fourth-order valence-corrected chi connectivity index (χ4v) is 22.5. The van der Waals surface area contributed by atoms with Gasteiger partial charge in [0.25, 0.3) is 0 Å². The molecule has 0 bridgehead atoms. The molecule has 5 N–H and O–H groups in total. The third-order valence-corrected chi connectivity index (χ3v) is 29.4. The summed E-state index contributed by atoms with van der Waals surface area (Å²) < 4.78 is 31.5. The van der Waals surface area contributed by atoms with E-state index in [0.29, 0.717) is 75.9 Å². The zero-order valence-corrected chi connectivity index (χ0v) is 86.5. The highest BCUT2D eigenvalue weighted by Gasteiger charge is 2.25. The van der Waals surface area contributed by atoms with Crippen LogP contribution in [0.4, 0.5) is 0 Å². The fourth-order valence-electron chi connectivity index (χ4n) is 15.4. The highest BCUT2D eigenvalue weighted by atomic mass is 31.1. The first kappa shape index (κ1) is 104. The molecule has 0 saturated carbocycles. The lowest BCUT2D eigenvalue weighted by molar-refractivity contribution is 0.300. The Balaban J connectivity index is 0.000000161. The number of hydrogen-bond donors (Lipinski definition) is 5. The lowest BCUT2D eigenvalue weighted by Gasteiger charge is -2.26. The number of nitrogens with one attached hydrogen (secondary N) is 5. The highest BCUT2D eigenvalue weighted by Crippen LogP contribution is 2.37. The van der Waals surface area contributed by atoms with E-state index in [2.05, 4.69) is 401 Å². The quantitative estimate of drug-likeness (QED) is 0.0247. The van der Waals surface area contributed by atoms with Gasteiger partial charge in [-0.25, -0.2) is 0 Å². The van der Waals surface area contributed by atoms with Crippen LogP contribution in [0.25, 0.3) is 0 Å². The Hall–Kier alpha value is -10.8. The topological polar surface area (TPSA) is 106 Å². The van der Waals surface area contributed by atoms with Crippen molar-refractivity contribution in [2.75, 3.05) is 35.2 Å². The first-order chi connectivity index (χ1) is 65.0. The molecule has 694 valence electrons. The van der Waals surface area contributed by atoms with E-state index in [1.807, 2.05) is 89.8 Å². The second kappa shape index (κ2) is 54.1. The summed E-state index contributed by atoms with van der Waals surface area (Å²) in [4.78, 5) is 0. The minimum Gasteiger partial charge on any atom is -0.488 e. The van der Waals surface area contributed by atoms with Crippen LogP contribution in [0, 0.1) is 41.5 Å². The van der Waals surface area contributed by atoms with Crippen molar-refractivity contribution in [3.63, 3.8) is 0 Å². The molecule has 15 aromatic carbocycles. The molecule has 0 fully saturated rings. The van der Waals surface area contributed by atoms with Gasteiger partial charge in [-0.3, -0.25) is 0 Å². The second-order valence-electron chi connectivity index (χ2n) is 35.7. The van der Waals surface area contributed by atoms with Crippen LogP contribution < -0.4 is 103 Å². The van der Waals surface area contributed by atoms with E-state index in [4.69, 9.17) is 23.7 Å². The monoisotopic (exact) mass is 1870 g/mol. The molecule has 0 radical (unpaired) electrons. The molecule has 0 heterocycles. The van der Waals surface area contributed by atoms with Crippen LogP contribution in [0.3, 0.4) is 0 Å². The van der Waals surface area contributed by atoms with Gasteiger partial charge in [0.2, 0.25) is 0 Å². The van der Waals surface area contributed by atoms with Crippen LogP contribution >= 0.6 is 42.9 Å². The molecule has 0 aliphatic heterocycles. The maximum absolute atomic E-state index is 6.50. The molecule has 0 aliphatic carbocycles. The van der Waals surface area contributed by atoms with Gasteiger partial charge in [0, 0.05) is 64.8 Å². The lowest BCUT2D eigenvalue weighted by atomic mass is 9.85. The molecule has 5 unspecified atom stereocenters. The van der Waals surface area contributed by atoms with E-state index in [0.717, 1.165) is 61.5 Å². The molecule has 15 aromatic rings. The summed E-state index contributed by atoms with van der Waals surface area (Å²) in [7, 11) is 12.8. The molecule has 0 amide bonds. The van der Waals surface area contributed by atoms with Gasteiger partial charge in [-0.05, 0) is 233 Å². The summed E-state index contributed by atoms with van der Waals surface area (Å²) in [6, 6.07) is 122. The lowest BCUT2D eigenvalue weighted by Crippen LogP contribution is -2.21. The largest absolute Gasteiger partial charge is 0.488 e. The molecular weight excluding hydrogens is 1730 g/mol. The summed E-state index contributed by atoms with van der Waals surface area (Å²) in [6.45, 7) is 33.9. The van der Waals surface area contributed by atoms with Crippen molar-refractivity contribution in [2.24, 2.45) is 0 Å². The van der Waals surface area contributed by atoms with E-state index >= 15 is 0 Å². The predicted molar refractivity (Wildman–Crippen MR) is 586 cm³/mol. The zero-order chi connectivity index (χ0) is 95.0. The normalized spacial score (nSPS) is 11.5. The molecule has 0 aliphatic rings. The van der Waals surface area contributed by atoms with Crippen molar-refractivity contribution in [1.82, 2.24) is 26.6 Å². The summed E-state index contributed by atoms with van der Waals surface area (Å²) in [5, 5.41) is 29.6. The van der Waals surface area contributed by atoms with E-state index < -0.39 is 0 Å². The van der Waals surface area contributed by atoms with Crippen LogP contribution in [0.5, 0.6) is 28.7 Å². The molecular formula is C119H138N5O5P5. The predicted octanol–water partition coefficient (Wildman–Crippen LogP) is 22.5. The SMILES string of the molecule is CNCc1ccccc1Pc1cc(C(C)(C)C)cc(C)c1OCc1ccccc1.CNCc1ccccc1Pc1cc(C)cc(C(C)(C)C)c1OCc1ccccc1.CNCc1ccccc1Pc1cc(C)cc(C)c1OCc1ccccc1.CNCc1ccccc1Pc1cc(C)ccc1OCc1ccccc1.CNCc1ccccc1Pc1cccc(C)c1OCc1ccccc1. The molecule has 15 rings (SSSR count). The van der Waals surface area contributed by atoms with Gasteiger partial charge in [-0.2, -0.15) is 0 Å². The number of ether oxygens (including phenoxy) is 5. The number of para-hydroxylation sites is 1. The minimum absolute atomic E-state index is 0.0156. The van der Waals surface area contributed by atoms with Gasteiger partial charge in [0.15, 0.2) is 0 Å². The molecule has 0 aromatic heterocycles. The van der Waals surface area contributed by atoms with Gasteiger partial charge < -0.3 is 50.3 Å². The average Bonchev–Trinajstić information content (AvgIpc) is 0.884. The first-order valence-electron chi connectivity index (χ1n) is 46.4. The summed E-state index contributed by atoms with van der Waals surface area (Å²) >= 11 is 0. The number of hydrogen-bond acceptors (Lipinski definition) is 10. The Morgan fingerprint density at radius 3 is 0.843 bits per heavy atom. The second-order valence-corrected chi connectivity index (χ2v) is 42.3. The third-order valence-electron chi connectivity index (χ3n) is 22.4. The molecule has 15 heteroatoms. The maximum atomic E-state index is 6.50. The van der Waals surface area contributed by atoms with Gasteiger partial charge in [-0.15, -0.1) is 0 Å². The van der Waals surface area contributed by atoms with Crippen molar-refractivity contribution < 1.29 is 23.7 Å². The van der Waals surface area contributed by atoms with E-state index in [9.17, 15) is 0 Å². The Kier molecular flexibility index (Phi) is 41.9. The molecule has 134 heavy (non-hydrogen) atoms. The van der Waals surface area contributed by atoms with Crippen LogP contribution in [0.2, 0.25) is 0 Å². The van der Waals surface area contributed by atoms with Gasteiger partial charge in [0.05, 0.1) is 0 Å². The van der Waals surface area contributed by atoms with Crippen molar-refractivity contribution in [1.29, 1.82) is 0 Å². The van der Waals surface area contributed by atoms with E-state index in [-0.39, 0.29) is 10.8 Å². The van der Waals surface area contributed by atoms with E-state index in [1.54, 1.807) is 0 Å². The standard InChI is InChI=1S/2C26H32NOP.C23H26NOP.2C22H24NOP/c1-19-15-22(26(2,3)4)16-24(25(19)28-18-20-11-7-6-8-12-20)29-23-14-10-9-13-21(23)17-27-5;1-19-15-22(26(2,3)4)25(28-18-20-11-7-6-8-12-20)24(16-19)29-23-14-10-9-13-21(23)17-27-5;1-17-13-18(2)23(25-16-19-9-5-4-6-10-19)22(14-17)26-21-12-8-7-11-20(21)15-24-3;1-17-9-8-14-21(22(17)24-16-18-10-4-3-5-11-18)25-20-13-7-6-12-19(20)15-23-2;1-17-12-13-20(24-16-18-8-4-3-5-9-18)22(14-17)25-21-11-7-6-10-19(21)15-23-2/h2*6-16,27,29H,17-18H2,1-5H3;4-14,24,26H,15-16H2,1-3H3;2*3-14,23,25H,15-16H2,1-2H3. The Bertz CT molecular complexity index is 6010.